The summed E-state index contributed by atoms with van der Waals surface area (Å²) in [5, 5.41) is 3.27. The van der Waals surface area contributed by atoms with E-state index in [1.54, 1.807) is 36.2 Å². The third-order valence-corrected chi connectivity index (χ3v) is 5.10. The lowest BCUT2D eigenvalue weighted by Crippen LogP contribution is -2.51. The molecule has 1 atom stereocenters. The summed E-state index contributed by atoms with van der Waals surface area (Å²) >= 11 is 6.14. The second-order valence-electron chi connectivity index (χ2n) is 7.07. The molecule has 6 heteroatoms. The number of nitrogens with one attached hydrogen (secondary N) is 1. The molecule has 0 aromatic heterocycles. The number of carbonyl (C=O) groups is 2. The first-order valence-corrected chi connectivity index (χ1v) is 10.4. The number of ether oxygens (including phenoxy) is 1. The number of hydrogen-bond donors (Lipinski definition) is 1. The summed E-state index contributed by atoms with van der Waals surface area (Å²) in [5.74, 6) is 0.0745. The summed E-state index contributed by atoms with van der Waals surface area (Å²) in [5.41, 5.74) is 1.80. The first-order chi connectivity index (χ1) is 15.1. The lowest BCUT2D eigenvalue weighted by Gasteiger charge is -2.31. The Morgan fingerprint density at radius 1 is 0.935 bits per heavy atom. The van der Waals surface area contributed by atoms with E-state index in [1.807, 2.05) is 60.7 Å². The molecule has 160 valence electrons. The van der Waals surface area contributed by atoms with Crippen LogP contribution in [0.1, 0.15) is 11.1 Å². The van der Waals surface area contributed by atoms with Gasteiger partial charge in [0.05, 0.1) is 0 Å². The van der Waals surface area contributed by atoms with Gasteiger partial charge in [-0.15, -0.1) is 0 Å². The molecule has 1 N–H and O–H groups in total. The van der Waals surface area contributed by atoms with E-state index in [0.29, 0.717) is 17.2 Å². The highest BCUT2D eigenvalue weighted by molar-refractivity contribution is 6.30. The van der Waals surface area contributed by atoms with E-state index in [9.17, 15) is 9.59 Å². The molecule has 2 amide bonds. The average Bonchev–Trinajstić information content (AvgIpc) is 2.80. The minimum Gasteiger partial charge on any atom is -0.484 e. The Morgan fingerprint density at radius 2 is 1.58 bits per heavy atom. The first-order valence-electron chi connectivity index (χ1n) is 10.0. The van der Waals surface area contributed by atoms with E-state index in [2.05, 4.69) is 5.32 Å². The smallest absolute Gasteiger partial charge is 0.261 e. The minimum absolute atomic E-state index is 0.174. The van der Waals surface area contributed by atoms with Crippen LogP contribution in [-0.2, 0) is 22.6 Å². The second kappa shape index (κ2) is 11.2. The van der Waals surface area contributed by atoms with Gasteiger partial charge in [-0.05, 0) is 35.4 Å². The average molecular weight is 437 g/mol. The molecule has 0 saturated carbocycles. The van der Waals surface area contributed by atoms with Crippen molar-refractivity contribution < 1.29 is 14.3 Å². The normalized spacial score (nSPS) is 11.4. The molecule has 0 spiro atoms. The molecule has 0 radical (unpaired) electrons. The van der Waals surface area contributed by atoms with Gasteiger partial charge in [0.15, 0.2) is 6.61 Å². The van der Waals surface area contributed by atoms with Crippen LogP contribution < -0.4 is 10.1 Å². The third-order valence-electron chi connectivity index (χ3n) is 4.86. The maximum absolute atomic E-state index is 13.2. The minimum atomic E-state index is -0.696. The van der Waals surface area contributed by atoms with Gasteiger partial charge < -0.3 is 15.0 Å². The van der Waals surface area contributed by atoms with E-state index >= 15 is 0 Å². The molecule has 0 unspecified atom stereocenters. The molecule has 0 aliphatic heterocycles. The number of likely N-dealkylation sites (N-methyl/N-ethyl adjacent to an activating group) is 1. The molecule has 3 rings (SSSR count). The second-order valence-corrected chi connectivity index (χ2v) is 7.51. The van der Waals surface area contributed by atoms with Gasteiger partial charge in [0, 0.05) is 25.0 Å². The van der Waals surface area contributed by atoms with E-state index in [1.165, 1.54) is 0 Å². The SMILES string of the molecule is CNC(=O)[C@H](Cc1ccccc1)N(Cc1cccc(Cl)c1)C(=O)COc1ccccc1. The summed E-state index contributed by atoms with van der Waals surface area (Å²) in [6, 6.07) is 25.3. The summed E-state index contributed by atoms with van der Waals surface area (Å²) < 4.78 is 5.67. The van der Waals surface area contributed by atoms with Gasteiger partial charge in [0.2, 0.25) is 5.91 Å². The molecule has 0 aliphatic carbocycles. The third kappa shape index (κ3) is 6.59. The fraction of sp³-hybridized carbons (Fsp3) is 0.200. The van der Waals surface area contributed by atoms with Crippen LogP contribution in [0.2, 0.25) is 5.02 Å². The van der Waals surface area contributed by atoms with E-state index in [4.69, 9.17) is 16.3 Å². The predicted octanol–water partition coefficient (Wildman–Crippen LogP) is 4.10. The zero-order chi connectivity index (χ0) is 22.1. The van der Waals surface area contributed by atoms with Crippen molar-refractivity contribution >= 4 is 23.4 Å². The van der Waals surface area contributed by atoms with Crippen molar-refractivity contribution in [2.24, 2.45) is 0 Å². The topological polar surface area (TPSA) is 58.6 Å². The van der Waals surface area contributed by atoms with Crippen LogP contribution in [0.5, 0.6) is 5.75 Å². The summed E-state index contributed by atoms with van der Waals surface area (Å²) in [6.45, 7) is 0.0648. The highest BCUT2D eigenvalue weighted by Crippen LogP contribution is 2.18. The Hall–Kier alpha value is -3.31. The van der Waals surface area contributed by atoms with Gasteiger partial charge in [0.1, 0.15) is 11.8 Å². The number of halogens is 1. The lowest BCUT2D eigenvalue weighted by molar-refractivity contribution is -0.142. The van der Waals surface area contributed by atoms with Gasteiger partial charge in [0.25, 0.3) is 5.91 Å². The zero-order valence-corrected chi connectivity index (χ0v) is 18.1. The fourth-order valence-corrected chi connectivity index (χ4v) is 3.51. The monoisotopic (exact) mass is 436 g/mol. The van der Waals surface area contributed by atoms with Crippen LogP contribution in [0.3, 0.4) is 0 Å². The number of benzene rings is 3. The fourth-order valence-electron chi connectivity index (χ4n) is 3.30. The van der Waals surface area contributed by atoms with E-state index < -0.39 is 6.04 Å². The molecule has 0 heterocycles. The Balaban J connectivity index is 1.87. The van der Waals surface area contributed by atoms with E-state index in [-0.39, 0.29) is 25.0 Å². The number of nitrogens with zero attached hydrogens (tertiary/aromatic N) is 1. The molecule has 31 heavy (non-hydrogen) atoms. The number of carbonyl (C=O) groups excluding carboxylic acids is 2. The molecule has 5 nitrogen and oxygen atoms in total. The van der Waals surface area contributed by atoms with Crippen LogP contribution in [0.25, 0.3) is 0 Å². The predicted molar refractivity (Wildman–Crippen MR) is 122 cm³/mol. The van der Waals surface area contributed by atoms with Gasteiger partial charge in [-0.25, -0.2) is 0 Å². The van der Waals surface area contributed by atoms with Crippen molar-refractivity contribution in [3.8, 4) is 5.75 Å². The van der Waals surface area contributed by atoms with Crippen LogP contribution in [0, 0.1) is 0 Å². The summed E-state index contributed by atoms with van der Waals surface area (Å²) in [7, 11) is 1.57. The Bertz CT molecular complexity index is 996. The van der Waals surface area contributed by atoms with Crippen molar-refractivity contribution in [3.05, 3.63) is 101 Å². The number of hydrogen-bond acceptors (Lipinski definition) is 3. The van der Waals surface area contributed by atoms with Crippen molar-refractivity contribution in [2.75, 3.05) is 13.7 Å². The van der Waals surface area contributed by atoms with Gasteiger partial charge in [-0.2, -0.15) is 0 Å². The standard InChI is InChI=1S/C25H25ClN2O3/c1-27-25(30)23(16-19-9-4-2-5-10-19)28(17-20-11-8-12-21(26)15-20)24(29)18-31-22-13-6-3-7-14-22/h2-15,23H,16-18H2,1H3,(H,27,30)/t23-/m0/s1. The van der Waals surface area contributed by atoms with Crippen molar-refractivity contribution in [3.63, 3.8) is 0 Å². The molecule has 3 aromatic rings. The van der Waals surface area contributed by atoms with Crippen molar-refractivity contribution in [1.29, 1.82) is 0 Å². The molecule has 0 bridgehead atoms. The zero-order valence-electron chi connectivity index (χ0n) is 17.3. The molecular weight excluding hydrogens is 412 g/mol. The van der Waals surface area contributed by atoms with Gasteiger partial charge >= 0.3 is 0 Å². The van der Waals surface area contributed by atoms with Gasteiger partial charge in [-0.3, -0.25) is 9.59 Å². The van der Waals surface area contributed by atoms with Crippen molar-refractivity contribution in [2.45, 2.75) is 19.0 Å². The van der Waals surface area contributed by atoms with Crippen LogP contribution >= 0.6 is 11.6 Å². The van der Waals surface area contributed by atoms with Crippen LogP contribution in [0.4, 0.5) is 0 Å². The first kappa shape index (κ1) is 22.4. The summed E-state index contributed by atoms with van der Waals surface area (Å²) in [4.78, 5) is 27.6. The largest absolute Gasteiger partial charge is 0.484 e. The molecular formula is C25H25ClN2O3. The Kier molecular flexibility index (Phi) is 8.07. The Labute approximate surface area is 187 Å². The number of rotatable bonds is 9. The Morgan fingerprint density at radius 3 is 2.23 bits per heavy atom. The van der Waals surface area contributed by atoms with Crippen molar-refractivity contribution in [1.82, 2.24) is 10.2 Å². The highest BCUT2D eigenvalue weighted by Gasteiger charge is 2.30. The molecule has 0 fully saturated rings. The summed E-state index contributed by atoms with van der Waals surface area (Å²) in [6.07, 6.45) is 0.387. The molecule has 0 aliphatic rings. The quantitative estimate of drug-likeness (QED) is 0.549. The molecule has 0 saturated heterocycles. The molecule has 3 aromatic carbocycles. The van der Waals surface area contributed by atoms with Gasteiger partial charge in [-0.1, -0.05) is 72.3 Å². The maximum atomic E-state index is 13.2. The van der Waals surface area contributed by atoms with E-state index in [0.717, 1.165) is 11.1 Å². The number of para-hydroxylation sites is 1. The number of amides is 2. The van der Waals surface area contributed by atoms with Crippen LogP contribution in [-0.4, -0.2) is 36.4 Å². The maximum Gasteiger partial charge on any atom is 0.261 e. The highest BCUT2D eigenvalue weighted by atomic mass is 35.5. The van der Waals surface area contributed by atoms with Crippen LogP contribution in [0.15, 0.2) is 84.9 Å². The lowest BCUT2D eigenvalue weighted by atomic mass is 10.0.